The van der Waals surface area contributed by atoms with Gasteiger partial charge in [-0.25, -0.2) is 14.4 Å². The number of hydrogen-bond donors (Lipinski definition) is 1. The molecule has 1 fully saturated rings. The Morgan fingerprint density at radius 1 is 1.19 bits per heavy atom. The van der Waals surface area contributed by atoms with Gasteiger partial charge in [0.15, 0.2) is 0 Å². The lowest BCUT2D eigenvalue weighted by molar-refractivity contribution is -0.141. The first-order chi connectivity index (χ1) is 13.0. The number of rotatable bonds is 3. The van der Waals surface area contributed by atoms with Crippen molar-refractivity contribution in [2.24, 2.45) is 5.92 Å². The van der Waals surface area contributed by atoms with E-state index in [1.165, 1.54) is 12.4 Å². The summed E-state index contributed by atoms with van der Waals surface area (Å²) in [6, 6.07) is 10.4. The highest BCUT2D eigenvalue weighted by molar-refractivity contribution is 6.30. The smallest absolute Gasteiger partial charge is 0.308 e. The van der Waals surface area contributed by atoms with Crippen molar-refractivity contribution in [2.75, 3.05) is 18.0 Å². The number of anilines is 1. The van der Waals surface area contributed by atoms with Crippen molar-refractivity contribution >= 4 is 34.3 Å². The molecule has 1 saturated heterocycles. The number of carbonyl (C=O) groups is 1. The van der Waals surface area contributed by atoms with Crippen molar-refractivity contribution in [3.05, 3.63) is 53.6 Å². The molecule has 1 aliphatic rings. The molecule has 0 bridgehead atoms. The fourth-order valence-electron chi connectivity index (χ4n) is 3.61. The van der Waals surface area contributed by atoms with Gasteiger partial charge >= 0.3 is 5.97 Å². The molecular weight excluding hydrogens is 369 g/mol. The predicted octanol–water partition coefficient (Wildman–Crippen LogP) is 4.39. The van der Waals surface area contributed by atoms with Crippen molar-refractivity contribution in [1.82, 2.24) is 9.97 Å². The lowest BCUT2D eigenvalue weighted by Gasteiger charge is -2.32. The summed E-state index contributed by atoms with van der Waals surface area (Å²) in [4.78, 5) is 21.9. The molecular formula is C20H17ClFN3O2. The summed E-state index contributed by atoms with van der Waals surface area (Å²) >= 11 is 5.99. The first-order valence-electron chi connectivity index (χ1n) is 8.71. The number of piperidine rings is 1. The Kier molecular flexibility index (Phi) is 4.66. The highest BCUT2D eigenvalue weighted by atomic mass is 35.5. The Morgan fingerprint density at radius 3 is 2.70 bits per heavy atom. The van der Waals surface area contributed by atoms with Gasteiger partial charge in [-0.1, -0.05) is 29.8 Å². The summed E-state index contributed by atoms with van der Waals surface area (Å²) in [6.07, 6.45) is 2.71. The molecule has 138 valence electrons. The number of hydrogen-bond acceptors (Lipinski definition) is 4. The molecule has 1 aliphatic heterocycles. The summed E-state index contributed by atoms with van der Waals surface area (Å²) in [7, 11) is 0. The van der Waals surface area contributed by atoms with Gasteiger partial charge in [-0.15, -0.1) is 0 Å². The van der Waals surface area contributed by atoms with Crippen molar-refractivity contribution in [3.8, 4) is 11.1 Å². The molecule has 5 nitrogen and oxygen atoms in total. The molecule has 4 rings (SSSR count). The molecule has 1 aromatic heterocycles. The Hall–Kier alpha value is -2.73. The first kappa shape index (κ1) is 17.7. The molecule has 1 N–H and O–H groups in total. The fourth-order valence-corrected chi connectivity index (χ4v) is 3.73. The van der Waals surface area contributed by atoms with E-state index in [0.717, 1.165) is 17.5 Å². The topological polar surface area (TPSA) is 66.3 Å². The number of carboxylic acids is 1. The highest BCUT2D eigenvalue weighted by Gasteiger charge is 2.28. The molecule has 2 heterocycles. The van der Waals surface area contributed by atoms with Crippen LogP contribution in [0.3, 0.4) is 0 Å². The van der Waals surface area contributed by atoms with Gasteiger partial charge in [0.05, 0.1) is 11.3 Å². The van der Waals surface area contributed by atoms with Crippen LogP contribution < -0.4 is 4.90 Å². The molecule has 27 heavy (non-hydrogen) atoms. The Bertz CT molecular complexity index is 1010. The lowest BCUT2D eigenvalue weighted by atomic mass is 9.96. The van der Waals surface area contributed by atoms with Crippen LogP contribution in [-0.4, -0.2) is 34.1 Å². The van der Waals surface area contributed by atoms with Crippen molar-refractivity contribution in [3.63, 3.8) is 0 Å². The van der Waals surface area contributed by atoms with E-state index in [9.17, 15) is 14.3 Å². The molecule has 1 unspecified atom stereocenters. The monoisotopic (exact) mass is 385 g/mol. The maximum absolute atomic E-state index is 14.5. The minimum absolute atomic E-state index is 0.227. The predicted molar refractivity (Wildman–Crippen MR) is 103 cm³/mol. The lowest BCUT2D eigenvalue weighted by Crippen LogP contribution is -2.39. The summed E-state index contributed by atoms with van der Waals surface area (Å²) in [5.74, 6) is -1.15. The number of benzene rings is 2. The van der Waals surface area contributed by atoms with Gasteiger partial charge in [0.2, 0.25) is 0 Å². The second kappa shape index (κ2) is 7.12. The van der Waals surface area contributed by atoms with Gasteiger partial charge in [0.25, 0.3) is 0 Å². The first-order valence-corrected chi connectivity index (χ1v) is 9.09. The van der Waals surface area contributed by atoms with Gasteiger partial charge in [-0.05, 0) is 42.2 Å². The molecule has 0 amide bonds. The van der Waals surface area contributed by atoms with E-state index in [-0.39, 0.29) is 5.52 Å². The van der Waals surface area contributed by atoms with Gasteiger partial charge in [-0.3, -0.25) is 4.79 Å². The number of aromatic nitrogens is 2. The second-order valence-electron chi connectivity index (χ2n) is 6.65. The molecule has 1 atom stereocenters. The number of halogens is 2. The quantitative estimate of drug-likeness (QED) is 0.724. The standard InChI is InChI=1S/C20H17ClFN3O2/c21-14-5-3-12(4-6-14)15-7-8-16(22)18-17(15)19(24-11-23-18)25-9-1-2-13(10-25)20(26)27/h3-8,11,13H,1-2,9-10H2,(H,26,27). The fraction of sp³-hybridized carbons (Fsp3) is 0.250. The van der Waals surface area contributed by atoms with E-state index in [1.807, 2.05) is 17.0 Å². The zero-order valence-electron chi connectivity index (χ0n) is 14.4. The van der Waals surface area contributed by atoms with E-state index in [1.54, 1.807) is 18.2 Å². The van der Waals surface area contributed by atoms with Crippen LogP contribution in [0.15, 0.2) is 42.7 Å². The minimum Gasteiger partial charge on any atom is -0.481 e. The molecule has 7 heteroatoms. The van der Waals surface area contributed by atoms with E-state index in [0.29, 0.717) is 35.7 Å². The zero-order chi connectivity index (χ0) is 19.0. The third-order valence-corrected chi connectivity index (χ3v) is 5.20. The molecule has 0 spiro atoms. The van der Waals surface area contributed by atoms with Gasteiger partial charge in [-0.2, -0.15) is 0 Å². The Labute approximate surface area is 160 Å². The molecule has 2 aromatic carbocycles. The average molecular weight is 386 g/mol. The second-order valence-corrected chi connectivity index (χ2v) is 7.08. The van der Waals surface area contributed by atoms with Gasteiger partial charge in [0, 0.05) is 18.1 Å². The van der Waals surface area contributed by atoms with E-state index >= 15 is 0 Å². The number of aliphatic carboxylic acids is 1. The van der Waals surface area contributed by atoms with E-state index in [4.69, 9.17) is 11.6 Å². The summed E-state index contributed by atoms with van der Waals surface area (Å²) in [5.41, 5.74) is 1.88. The molecule has 0 aliphatic carbocycles. The van der Waals surface area contributed by atoms with Crippen LogP contribution in [0.1, 0.15) is 12.8 Å². The normalized spacial score (nSPS) is 17.3. The van der Waals surface area contributed by atoms with Crippen LogP contribution in [0.2, 0.25) is 5.02 Å². The molecule has 0 saturated carbocycles. The Morgan fingerprint density at radius 2 is 1.96 bits per heavy atom. The average Bonchev–Trinajstić information content (AvgIpc) is 2.69. The number of fused-ring (bicyclic) bond motifs is 1. The zero-order valence-corrected chi connectivity index (χ0v) is 15.2. The van der Waals surface area contributed by atoms with Crippen molar-refractivity contribution in [1.29, 1.82) is 0 Å². The summed E-state index contributed by atoms with van der Waals surface area (Å²) < 4.78 is 14.5. The SMILES string of the molecule is O=C(O)C1CCCN(c2ncnc3c(F)ccc(-c4ccc(Cl)cc4)c23)C1. The maximum Gasteiger partial charge on any atom is 0.308 e. The number of carboxylic acid groups (broad SMARTS) is 1. The van der Waals surface area contributed by atoms with E-state index < -0.39 is 17.7 Å². The highest BCUT2D eigenvalue weighted by Crippen LogP contribution is 2.36. The maximum atomic E-state index is 14.5. The van der Waals surface area contributed by atoms with Gasteiger partial charge < -0.3 is 10.0 Å². The third kappa shape index (κ3) is 3.32. The Balaban J connectivity index is 1.89. The van der Waals surface area contributed by atoms with Crippen LogP contribution in [0.5, 0.6) is 0 Å². The molecule has 0 radical (unpaired) electrons. The largest absolute Gasteiger partial charge is 0.481 e. The third-order valence-electron chi connectivity index (χ3n) is 4.94. The van der Waals surface area contributed by atoms with E-state index in [2.05, 4.69) is 9.97 Å². The van der Waals surface area contributed by atoms with Crippen LogP contribution in [0, 0.1) is 11.7 Å². The van der Waals surface area contributed by atoms with Crippen molar-refractivity contribution < 1.29 is 14.3 Å². The van der Waals surface area contributed by atoms with Crippen LogP contribution in [0.25, 0.3) is 22.0 Å². The minimum atomic E-state index is -0.817. The van der Waals surface area contributed by atoms with Crippen LogP contribution in [-0.2, 0) is 4.79 Å². The van der Waals surface area contributed by atoms with Gasteiger partial charge in [0.1, 0.15) is 23.5 Å². The van der Waals surface area contributed by atoms with Crippen molar-refractivity contribution in [2.45, 2.75) is 12.8 Å². The molecule has 3 aromatic rings. The number of nitrogens with zero attached hydrogens (tertiary/aromatic N) is 3. The van der Waals surface area contributed by atoms with Crippen LogP contribution >= 0.6 is 11.6 Å². The summed E-state index contributed by atoms with van der Waals surface area (Å²) in [6.45, 7) is 1.02. The summed E-state index contributed by atoms with van der Waals surface area (Å²) in [5, 5.41) is 10.6. The van der Waals surface area contributed by atoms with Crippen LogP contribution in [0.4, 0.5) is 10.2 Å².